The van der Waals surface area contributed by atoms with Crippen LogP contribution in [0.15, 0.2) is 22.7 Å². The van der Waals surface area contributed by atoms with E-state index in [0.29, 0.717) is 6.04 Å². The molecule has 0 amide bonds. The van der Waals surface area contributed by atoms with Crippen LogP contribution in [0.3, 0.4) is 0 Å². The minimum atomic E-state index is 0.504. The first-order valence-corrected chi connectivity index (χ1v) is 8.79. The van der Waals surface area contributed by atoms with E-state index in [1.165, 1.54) is 17.7 Å². The highest BCUT2D eigenvalue weighted by Gasteiger charge is 2.12. The van der Waals surface area contributed by atoms with Gasteiger partial charge in [0, 0.05) is 16.3 Å². The smallest absolute Gasteiger partial charge is 0.122 e. The molecule has 0 aromatic heterocycles. The molecule has 108 valence electrons. The molecule has 0 aliphatic carbocycles. The van der Waals surface area contributed by atoms with E-state index in [2.05, 4.69) is 41.2 Å². The van der Waals surface area contributed by atoms with Crippen LogP contribution in [-0.4, -0.2) is 31.2 Å². The maximum absolute atomic E-state index is 5.45. The lowest BCUT2D eigenvalue weighted by molar-refractivity contribution is 0.406. The molecule has 1 aromatic carbocycles. The second-order valence-electron chi connectivity index (χ2n) is 4.49. The van der Waals surface area contributed by atoms with Crippen LogP contribution in [-0.2, 0) is 6.42 Å². The van der Waals surface area contributed by atoms with E-state index in [9.17, 15) is 0 Å². The van der Waals surface area contributed by atoms with Crippen molar-refractivity contribution in [3.63, 3.8) is 0 Å². The van der Waals surface area contributed by atoms with E-state index in [-0.39, 0.29) is 0 Å². The third-order valence-electron chi connectivity index (χ3n) is 2.87. The van der Waals surface area contributed by atoms with Crippen molar-refractivity contribution in [2.75, 3.05) is 25.2 Å². The lowest BCUT2D eigenvalue weighted by atomic mass is 10.1. The molecule has 0 aliphatic rings. The molecule has 0 heterocycles. The van der Waals surface area contributed by atoms with Gasteiger partial charge in [0.1, 0.15) is 5.75 Å². The van der Waals surface area contributed by atoms with Crippen LogP contribution in [0.1, 0.15) is 25.8 Å². The summed E-state index contributed by atoms with van der Waals surface area (Å²) in [5.41, 5.74) is 1.26. The summed E-state index contributed by atoms with van der Waals surface area (Å²) >= 11 is 5.56. The molecular weight excluding hydrogens is 322 g/mol. The Morgan fingerprint density at radius 1 is 1.37 bits per heavy atom. The molecule has 0 bridgehead atoms. The van der Waals surface area contributed by atoms with E-state index in [1.807, 2.05) is 23.9 Å². The first-order valence-electron chi connectivity index (χ1n) is 6.84. The fraction of sp³-hybridized carbons (Fsp3) is 0.600. The van der Waals surface area contributed by atoms with Crippen LogP contribution in [0, 0.1) is 0 Å². The Labute approximate surface area is 129 Å². The summed E-state index contributed by atoms with van der Waals surface area (Å²) in [5, 5.41) is 3.57. The lowest BCUT2D eigenvalue weighted by Crippen LogP contribution is -2.33. The molecule has 0 fully saturated rings. The van der Waals surface area contributed by atoms with Crippen molar-refractivity contribution in [1.82, 2.24) is 5.32 Å². The highest BCUT2D eigenvalue weighted by atomic mass is 79.9. The van der Waals surface area contributed by atoms with E-state index in [0.717, 1.165) is 28.9 Å². The van der Waals surface area contributed by atoms with Crippen LogP contribution < -0.4 is 10.1 Å². The Bertz CT molecular complexity index is 373. The number of nitrogens with one attached hydrogen (secondary N) is 1. The van der Waals surface area contributed by atoms with Crippen LogP contribution in [0.4, 0.5) is 0 Å². The maximum atomic E-state index is 5.45. The first-order chi connectivity index (χ1) is 9.21. The predicted molar refractivity (Wildman–Crippen MR) is 89.5 cm³/mol. The minimum absolute atomic E-state index is 0.504. The standard InChI is InChI=1S/C15H24BrNOS/c1-4-8-19-11-14(17-5-2)10-12-9-13(16)6-7-15(12)18-3/h6-7,9,14,17H,4-5,8,10-11H2,1-3H3. The molecule has 2 nitrogen and oxygen atoms in total. The van der Waals surface area contributed by atoms with Gasteiger partial charge in [0.05, 0.1) is 7.11 Å². The van der Waals surface area contributed by atoms with E-state index in [4.69, 9.17) is 4.74 Å². The summed E-state index contributed by atoms with van der Waals surface area (Å²) in [7, 11) is 1.74. The molecule has 0 aliphatic heterocycles. The number of halogens is 1. The SMILES string of the molecule is CCCSCC(Cc1cc(Br)ccc1OC)NCC. The molecule has 1 atom stereocenters. The maximum Gasteiger partial charge on any atom is 0.122 e. The second-order valence-corrected chi connectivity index (χ2v) is 6.56. The fourth-order valence-corrected chi connectivity index (χ4v) is 3.40. The monoisotopic (exact) mass is 345 g/mol. The molecule has 0 saturated heterocycles. The van der Waals surface area contributed by atoms with Crippen molar-refractivity contribution in [1.29, 1.82) is 0 Å². The van der Waals surface area contributed by atoms with Crippen LogP contribution in [0.5, 0.6) is 5.75 Å². The third kappa shape index (κ3) is 6.19. The number of methoxy groups -OCH3 is 1. The molecule has 0 saturated carbocycles. The highest BCUT2D eigenvalue weighted by molar-refractivity contribution is 9.10. The molecule has 1 aromatic rings. The van der Waals surface area contributed by atoms with Crippen molar-refractivity contribution in [3.8, 4) is 5.75 Å². The van der Waals surface area contributed by atoms with Gasteiger partial charge in [-0.3, -0.25) is 0 Å². The number of likely N-dealkylation sites (N-methyl/N-ethyl adjacent to an activating group) is 1. The van der Waals surface area contributed by atoms with Crippen molar-refractivity contribution < 1.29 is 4.74 Å². The van der Waals surface area contributed by atoms with Crippen molar-refractivity contribution in [3.05, 3.63) is 28.2 Å². The van der Waals surface area contributed by atoms with Gasteiger partial charge in [-0.15, -0.1) is 0 Å². The Morgan fingerprint density at radius 3 is 2.79 bits per heavy atom. The summed E-state index contributed by atoms with van der Waals surface area (Å²) in [4.78, 5) is 0. The Hall–Kier alpha value is -0.190. The van der Waals surface area contributed by atoms with Gasteiger partial charge in [-0.2, -0.15) is 11.8 Å². The van der Waals surface area contributed by atoms with Crippen LogP contribution >= 0.6 is 27.7 Å². The van der Waals surface area contributed by atoms with E-state index >= 15 is 0 Å². The van der Waals surface area contributed by atoms with Crippen LogP contribution in [0.2, 0.25) is 0 Å². The van der Waals surface area contributed by atoms with Gasteiger partial charge in [-0.05, 0) is 48.9 Å². The molecule has 19 heavy (non-hydrogen) atoms. The Balaban J connectivity index is 2.68. The summed E-state index contributed by atoms with van der Waals surface area (Å²) < 4.78 is 6.56. The lowest BCUT2D eigenvalue weighted by Gasteiger charge is -2.19. The summed E-state index contributed by atoms with van der Waals surface area (Å²) in [5.74, 6) is 3.36. The molecule has 0 spiro atoms. The van der Waals surface area contributed by atoms with E-state index in [1.54, 1.807) is 7.11 Å². The largest absolute Gasteiger partial charge is 0.496 e. The van der Waals surface area contributed by atoms with Gasteiger partial charge in [0.2, 0.25) is 0 Å². The number of hydrogen-bond donors (Lipinski definition) is 1. The van der Waals surface area contributed by atoms with Gasteiger partial charge in [0.15, 0.2) is 0 Å². The molecule has 1 N–H and O–H groups in total. The van der Waals surface area contributed by atoms with Gasteiger partial charge in [-0.1, -0.05) is 29.8 Å². The molecule has 1 unspecified atom stereocenters. The zero-order valence-electron chi connectivity index (χ0n) is 12.0. The number of rotatable bonds is 9. The first kappa shape index (κ1) is 16.9. The van der Waals surface area contributed by atoms with Gasteiger partial charge < -0.3 is 10.1 Å². The minimum Gasteiger partial charge on any atom is -0.496 e. The summed E-state index contributed by atoms with van der Waals surface area (Å²) in [6.45, 7) is 5.40. The van der Waals surface area contributed by atoms with Gasteiger partial charge in [-0.25, -0.2) is 0 Å². The third-order valence-corrected chi connectivity index (χ3v) is 4.70. The quantitative estimate of drug-likeness (QED) is 0.680. The summed E-state index contributed by atoms with van der Waals surface area (Å²) in [6, 6.07) is 6.72. The van der Waals surface area contributed by atoms with Crippen LogP contribution in [0.25, 0.3) is 0 Å². The number of thioether (sulfide) groups is 1. The fourth-order valence-electron chi connectivity index (χ4n) is 2.02. The van der Waals surface area contributed by atoms with Gasteiger partial charge in [0.25, 0.3) is 0 Å². The van der Waals surface area contributed by atoms with Gasteiger partial charge >= 0.3 is 0 Å². The molecule has 4 heteroatoms. The normalized spacial score (nSPS) is 12.4. The highest BCUT2D eigenvalue weighted by Crippen LogP contribution is 2.24. The Kier molecular flexibility index (Phi) is 8.58. The summed E-state index contributed by atoms with van der Waals surface area (Å²) in [6.07, 6.45) is 2.25. The van der Waals surface area contributed by atoms with E-state index < -0.39 is 0 Å². The molecular formula is C15H24BrNOS. The number of ether oxygens (including phenoxy) is 1. The van der Waals surface area contributed by atoms with Crippen molar-refractivity contribution >= 4 is 27.7 Å². The topological polar surface area (TPSA) is 21.3 Å². The number of benzene rings is 1. The van der Waals surface area contributed by atoms with Crippen molar-refractivity contribution in [2.45, 2.75) is 32.7 Å². The zero-order valence-corrected chi connectivity index (χ0v) is 14.4. The molecule has 1 rings (SSSR count). The molecule has 0 radical (unpaired) electrons. The second kappa shape index (κ2) is 9.67. The van der Waals surface area contributed by atoms with Crippen molar-refractivity contribution in [2.24, 2.45) is 0 Å². The predicted octanol–water partition coefficient (Wildman–Crippen LogP) is 4.12. The average molecular weight is 346 g/mol. The zero-order chi connectivity index (χ0) is 14.1. The average Bonchev–Trinajstić information content (AvgIpc) is 2.39. The Morgan fingerprint density at radius 2 is 2.16 bits per heavy atom. The number of hydrogen-bond acceptors (Lipinski definition) is 3.